The van der Waals surface area contributed by atoms with Crippen molar-refractivity contribution in [3.63, 3.8) is 0 Å². The predicted molar refractivity (Wildman–Crippen MR) is 127 cm³/mol. The van der Waals surface area contributed by atoms with E-state index in [4.69, 9.17) is 20.1 Å². The number of nitrogens with zero attached hydrogens (tertiary/aromatic N) is 2. The van der Waals surface area contributed by atoms with Crippen LogP contribution in [0.3, 0.4) is 0 Å². The Morgan fingerprint density at radius 1 is 1.24 bits per heavy atom. The molecular weight excluding hydrogens is 634 g/mol. The Labute approximate surface area is 228 Å². The van der Waals surface area contributed by atoms with Crippen molar-refractivity contribution in [2.24, 2.45) is 0 Å². The minimum Gasteiger partial charge on any atom is -0.382 e. The third-order valence-corrected chi connectivity index (χ3v) is 8.95. The SMILES string of the molecule is CCOC1C[C@H](n2cc(C#CCNC(=O)C(F)(F)F)c(N)nc2=O)O[C@@H]1COP(=O)(O)OP(=O)(O)OP(=O)(O)OC. The van der Waals surface area contributed by atoms with Gasteiger partial charge in [0.15, 0.2) is 0 Å². The number of carbonyl (C=O) groups excluding carboxylic acids is 1. The summed E-state index contributed by atoms with van der Waals surface area (Å²) in [6.07, 6.45) is -7.39. The number of nitrogens with one attached hydrogen (secondary N) is 1. The molecule has 18 nitrogen and oxygen atoms in total. The van der Waals surface area contributed by atoms with Gasteiger partial charge in [-0.1, -0.05) is 11.8 Å². The van der Waals surface area contributed by atoms with Crippen molar-refractivity contribution in [2.75, 3.05) is 32.6 Å². The second-order valence-electron chi connectivity index (χ2n) is 7.62. The van der Waals surface area contributed by atoms with Crippen LogP contribution in [0.15, 0.2) is 11.0 Å². The molecule has 0 saturated carbocycles. The Bertz CT molecular complexity index is 1380. The van der Waals surface area contributed by atoms with E-state index in [0.717, 1.165) is 10.8 Å². The van der Waals surface area contributed by atoms with Crippen LogP contribution in [-0.2, 0) is 45.6 Å². The summed E-state index contributed by atoms with van der Waals surface area (Å²) in [6, 6.07) is 0. The van der Waals surface area contributed by atoms with Gasteiger partial charge in [-0.15, -0.1) is 0 Å². The Kier molecular flexibility index (Phi) is 11.8. The van der Waals surface area contributed by atoms with Crippen molar-refractivity contribution in [3.05, 3.63) is 22.2 Å². The van der Waals surface area contributed by atoms with Crippen LogP contribution in [0.2, 0.25) is 0 Å². The summed E-state index contributed by atoms with van der Waals surface area (Å²) in [5, 5.41) is 1.52. The largest absolute Gasteiger partial charge is 0.490 e. The molecule has 1 saturated heterocycles. The average molecular weight is 658 g/mol. The minimum absolute atomic E-state index is 0.0817. The van der Waals surface area contributed by atoms with E-state index in [1.54, 1.807) is 6.92 Å². The van der Waals surface area contributed by atoms with Crippen LogP contribution in [0.5, 0.6) is 0 Å². The molecule has 0 spiro atoms. The smallest absolute Gasteiger partial charge is 0.382 e. The number of amides is 1. The summed E-state index contributed by atoms with van der Waals surface area (Å²) in [6.45, 7) is 0.149. The number of phosphoric acid groups is 3. The summed E-state index contributed by atoms with van der Waals surface area (Å²) in [4.78, 5) is 55.2. The first-order valence-corrected chi connectivity index (χ1v) is 15.4. The zero-order valence-electron chi connectivity index (χ0n) is 20.9. The van der Waals surface area contributed by atoms with E-state index >= 15 is 0 Å². The predicted octanol–water partition coefficient (Wildman–Crippen LogP) is 0.545. The monoisotopic (exact) mass is 658 g/mol. The molecule has 2 heterocycles. The molecule has 41 heavy (non-hydrogen) atoms. The topological polar surface area (TPSA) is 257 Å². The summed E-state index contributed by atoms with van der Waals surface area (Å²) in [5.74, 6) is 1.99. The van der Waals surface area contributed by atoms with Crippen molar-refractivity contribution >= 4 is 35.2 Å². The van der Waals surface area contributed by atoms with E-state index in [1.165, 1.54) is 5.32 Å². The lowest BCUT2D eigenvalue weighted by atomic mass is 10.2. The molecule has 0 bridgehead atoms. The van der Waals surface area contributed by atoms with Gasteiger partial charge in [-0.25, -0.2) is 18.5 Å². The number of phosphoric ester groups is 2. The summed E-state index contributed by atoms with van der Waals surface area (Å²) in [5.41, 5.74) is 4.59. The maximum Gasteiger partial charge on any atom is 0.490 e. The number of ether oxygens (including phenoxy) is 2. The fourth-order valence-corrected chi connectivity index (χ4v) is 6.32. The third-order valence-electron chi connectivity index (χ3n) is 4.72. The Hall–Kier alpha value is -2.17. The molecule has 0 aliphatic carbocycles. The minimum atomic E-state index is -5.65. The van der Waals surface area contributed by atoms with Crippen molar-refractivity contribution in [3.8, 4) is 11.8 Å². The molecule has 1 aliphatic rings. The van der Waals surface area contributed by atoms with Crippen molar-refractivity contribution in [2.45, 2.75) is 38.0 Å². The Balaban J connectivity index is 2.16. The van der Waals surface area contributed by atoms with Crippen LogP contribution < -0.4 is 16.7 Å². The zero-order valence-corrected chi connectivity index (χ0v) is 23.6. The molecular formula is C17H24F3N4O14P3. The lowest BCUT2D eigenvalue weighted by Crippen LogP contribution is -2.36. The van der Waals surface area contributed by atoms with Gasteiger partial charge in [0, 0.05) is 26.3 Å². The normalized spacial score (nSPS) is 23.5. The number of alkyl halides is 3. The molecule has 1 amide bonds. The molecule has 1 fully saturated rings. The van der Waals surface area contributed by atoms with E-state index in [9.17, 15) is 46.2 Å². The highest BCUT2D eigenvalue weighted by molar-refractivity contribution is 7.66. The highest BCUT2D eigenvalue weighted by Crippen LogP contribution is 2.67. The van der Waals surface area contributed by atoms with Gasteiger partial charge in [0.25, 0.3) is 0 Å². The fourth-order valence-electron chi connectivity index (χ4n) is 3.06. The number of rotatable bonds is 12. The number of nitrogen functional groups attached to an aromatic ring is 1. The van der Waals surface area contributed by atoms with Crippen molar-refractivity contribution < 1.29 is 73.5 Å². The van der Waals surface area contributed by atoms with Gasteiger partial charge in [-0.05, 0) is 6.92 Å². The van der Waals surface area contributed by atoms with Gasteiger partial charge < -0.3 is 35.2 Å². The van der Waals surface area contributed by atoms with Crippen LogP contribution in [0.1, 0.15) is 25.1 Å². The van der Waals surface area contributed by atoms with Crippen LogP contribution in [-0.4, -0.2) is 75.4 Å². The number of hydrogen-bond acceptors (Lipinski definition) is 13. The molecule has 4 unspecified atom stereocenters. The van der Waals surface area contributed by atoms with Gasteiger partial charge in [0.2, 0.25) is 0 Å². The maximum absolute atomic E-state index is 12.5. The number of nitrogens with two attached hydrogens (primary N) is 1. The van der Waals surface area contributed by atoms with Gasteiger partial charge in [0.05, 0.1) is 24.8 Å². The molecule has 6 N–H and O–H groups in total. The molecule has 1 aromatic rings. The Morgan fingerprint density at radius 2 is 1.88 bits per heavy atom. The molecule has 232 valence electrons. The molecule has 24 heteroatoms. The lowest BCUT2D eigenvalue weighted by molar-refractivity contribution is -0.173. The third kappa shape index (κ3) is 10.9. The van der Waals surface area contributed by atoms with Crippen LogP contribution in [0, 0.1) is 11.8 Å². The van der Waals surface area contributed by atoms with Crippen LogP contribution in [0.4, 0.5) is 19.0 Å². The quantitative estimate of drug-likeness (QED) is 0.152. The van der Waals surface area contributed by atoms with Crippen LogP contribution in [0.25, 0.3) is 0 Å². The van der Waals surface area contributed by atoms with Crippen LogP contribution >= 0.6 is 23.5 Å². The highest BCUT2D eigenvalue weighted by Gasteiger charge is 2.44. The average Bonchev–Trinajstić information content (AvgIpc) is 3.22. The van der Waals surface area contributed by atoms with Gasteiger partial charge in [-0.3, -0.25) is 18.4 Å². The molecule has 1 aromatic heterocycles. The second-order valence-corrected chi connectivity index (χ2v) is 12.4. The Morgan fingerprint density at radius 3 is 2.46 bits per heavy atom. The summed E-state index contributed by atoms with van der Waals surface area (Å²) >= 11 is 0. The van der Waals surface area contributed by atoms with Gasteiger partial charge in [-0.2, -0.15) is 26.8 Å². The van der Waals surface area contributed by atoms with Gasteiger partial charge >= 0.3 is 41.2 Å². The number of aromatic nitrogens is 2. The van der Waals surface area contributed by atoms with Crippen molar-refractivity contribution in [1.29, 1.82) is 0 Å². The lowest BCUT2D eigenvalue weighted by Gasteiger charge is -2.21. The molecule has 1 aliphatic heterocycles. The first kappa shape index (κ1) is 35.0. The first-order valence-electron chi connectivity index (χ1n) is 10.9. The summed E-state index contributed by atoms with van der Waals surface area (Å²) < 4.78 is 100. The second kappa shape index (κ2) is 13.9. The van der Waals surface area contributed by atoms with Gasteiger partial charge in [0.1, 0.15) is 18.1 Å². The van der Waals surface area contributed by atoms with E-state index in [1.807, 2.05) is 0 Å². The molecule has 2 rings (SSSR count). The highest BCUT2D eigenvalue weighted by atomic mass is 31.3. The zero-order chi connectivity index (χ0) is 31.2. The number of halogens is 3. The molecule has 0 aromatic carbocycles. The summed E-state index contributed by atoms with van der Waals surface area (Å²) in [7, 11) is -15.5. The number of hydrogen-bond donors (Lipinski definition) is 5. The fraction of sp³-hybridized carbons (Fsp3) is 0.588. The van der Waals surface area contributed by atoms with E-state index in [0.29, 0.717) is 7.11 Å². The maximum atomic E-state index is 12.5. The first-order chi connectivity index (χ1) is 18.8. The van der Waals surface area contributed by atoms with Crippen molar-refractivity contribution in [1.82, 2.24) is 14.9 Å². The number of anilines is 1. The molecule has 0 radical (unpaired) electrons. The number of carbonyl (C=O) groups is 1. The van der Waals surface area contributed by atoms with E-state index in [-0.39, 0.29) is 24.4 Å². The standard InChI is InChI=1S/C17H24F3N4O14P3/c1-3-34-11-7-13(36-12(11)9-35-40(29,30)38-41(31,32)37-39(27,28)33-2)24-8-10(14(21)23-16(24)26)5-4-6-22-15(25)17(18,19)20/h8,11-13H,3,6-7,9H2,1-2H3,(H,22,25)(H,27,28)(H,29,30)(H,31,32)(H2,21,23,26)/t11?,12-,13-/m1/s1. The van der Waals surface area contributed by atoms with E-state index in [2.05, 4.69) is 34.5 Å². The molecule has 6 atom stereocenters. The van der Waals surface area contributed by atoms with E-state index < -0.39 is 72.8 Å².